The first-order valence-electron chi connectivity index (χ1n) is 9.72. The Kier molecular flexibility index (Phi) is 8.04. The Morgan fingerprint density at radius 1 is 1.00 bits per heavy atom. The number of phenolic OH excluding ortho intramolecular Hbond substituents is 1. The van der Waals surface area contributed by atoms with Gasteiger partial charge in [-0.15, -0.1) is 12.4 Å². The summed E-state index contributed by atoms with van der Waals surface area (Å²) in [4.78, 5) is 2.38. The van der Waals surface area contributed by atoms with E-state index >= 15 is 0 Å². The Morgan fingerprint density at radius 3 is 2.07 bits per heavy atom. The predicted molar refractivity (Wildman–Crippen MR) is 125 cm³/mol. The molecule has 0 atom stereocenters. The van der Waals surface area contributed by atoms with Crippen LogP contribution >= 0.6 is 24.0 Å². The minimum atomic E-state index is -0.00253. The number of hydrogen-bond donors (Lipinski definition) is 1. The van der Waals surface area contributed by atoms with Gasteiger partial charge in [-0.2, -0.15) is 0 Å². The Hall–Kier alpha value is -1.22. The molecule has 2 nitrogen and oxygen atoms in total. The first-order valence-corrected chi connectivity index (χ1v) is 10.1. The van der Waals surface area contributed by atoms with Gasteiger partial charge in [0.25, 0.3) is 0 Å². The lowest BCUT2D eigenvalue weighted by Crippen LogP contribution is -2.40. The van der Waals surface area contributed by atoms with Crippen LogP contribution in [0.5, 0.6) is 5.75 Å². The van der Waals surface area contributed by atoms with Gasteiger partial charge in [0.05, 0.1) is 0 Å². The van der Waals surface area contributed by atoms with Gasteiger partial charge in [-0.3, -0.25) is 4.90 Å². The fourth-order valence-electron chi connectivity index (χ4n) is 3.31. The molecule has 1 N–H and O–H groups in total. The van der Waals surface area contributed by atoms with Crippen molar-refractivity contribution in [3.8, 4) is 16.9 Å². The quantitative estimate of drug-likeness (QED) is 0.554. The molecule has 4 heteroatoms. The summed E-state index contributed by atoms with van der Waals surface area (Å²) in [5.74, 6) is 0.368. The van der Waals surface area contributed by atoms with Crippen LogP contribution in [0.25, 0.3) is 11.1 Å². The topological polar surface area (TPSA) is 23.5 Å². The van der Waals surface area contributed by atoms with Gasteiger partial charge in [0.2, 0.25) is 0 Å². The number of halogens is 2. The zero-order chi connectivity index (χ0) is 20.6. The average Bonchev–Trinajstić information content (AvgIpc) is 2.54. The van der Waals surface area contributed by atoms with Crippen LogP contribution in [-0.2, 0) is 12.0 Å². The number of aryl methyl sites for hydroxylation is 1. The lowest BCUT2D eigenvalue weighted by Gasteiger charge is -2.35. The largest absolute Gasteiger partial charge is 0.507 e. The van der Waals surface area contributed by atoms with Crippen molar-refractivity contribution in [1.29, 1.82) is 0 Å². The van der Waals surface area contributed by atoms with E-state index < -0.39 is 0 Å². The van der Waals surface area contributed by atoms with E-state index in [2.05, 4.69) is 71.6 Å². The maximum absolute atomic E-state index is 11.1. The number of rotatable bonds is 4. The Bertz CT molecular complexity index is 817. The van der Waals surface area contributed by atoms with Crippen LogP contribution in [0.4, 0.5) is 0 Å². The zero-order valence-electron chi connectivity index (χ0n) is 18.5. The summed E-state index contributed by atoms with van der Waals surface area (Å²) in [6, 6.07) is 10.2. The number of hydrogen-bond acceptors (Lipinski definition) is 2. The monoisotopic (exact) mass is 423 g/mol. The molecule has 0 aliphatic carbocycles. The van der Waals surface area contributed by atoms with Crippen LogP contribution in [-0.4, -0.2) is 22.1 Å². The number of aromatic hydroxyl groups is 1. The summed E-state index contributed by atoms with van der Waals surface area (Å²) in [6.45, 7) is 19.1. The molecule has 2 aromatic rings. The van der Waals surface area contributed by atoms with Crippen LogP contribution in [0, 0.1) is 6.92 Å². The lowest BCUT2D eigenvalue weighted by atomic mass is 9.83. The van der Waals surface area contributed by atoms with Crippen LogP contribution < -0.4 is 0 Å². The fourth-order valence-corrected chi connectivity index (χ4v) is 3.43. The standard InChI is InChI=1S/C24H34ClNO.ClH/c1-9-26(24(6,7)8)15-18-13-19(23(3,4)5)14-20(22(18)27)17-10-11-21(25)16(2)12-17;/h10-14,27H,9,15H2,1-8H3;1H. The molecule has 0 amide bonds. The van der Waals surface area contributed by atoms with E-state index in [1.165, 1.54) is 5.56 Å². The number of phenols is 1. The molecule has 2 rings (SSSR count). The third-order valence-electron chi connectivity index (χ3n) is 5.22. The van der Waals surface area contributed by atoms with Crippen LogP contribution in [0.1, 0.15) is 65.2 Å². The zero-order valence-corrected chi connectivity index (χ0v) is 20.1. The maximum Gasteiger partial charge on any atom is 0.127 e. The summed E-state index contributed by atoms with van der Waals surface area (Å²) in [5, 5.41) is 11.9. The van der Waals surface area contributed by atoms with E-state index in [1.807, 2.05) is 19.1 Å². The molecule has 0 saturated carbocycles. The molecule has 2 aromatic carbocycles. The Labute approximate surface area is 182 Å². The maximum atomic E-state index is 11.1. The Morgan fingerprint density at radius 2 is 1.61 bits per heavy atom. The van der Waals surface area contributed by atoms with Crippen molar-refractivity contribution in [2.45, 2.75) is 72.9 Å². The first kappa shape index (κ1) is 24.8. The molecule has 0 aliphatic heterocycles. The van der Waals surface area contributed by atoms with E-state index in [0.29, 0.717) is 5.75 Å². The van der Waals surface area contributed by atoms with E-state index in [4.69, 9.17) is 11.6 Å². The lowest BCUT2D eigenvalue weighted by molar-refractivity contribution is 0.135. The number of nitrogens with zero attached hydrogens (tertiary/aromatic N) is 1. The summed E-state index contributed by atoms with van der Waals surface area (Å²) in [7, 11) is 0. The van der Waals surface area contributed by atoms with Gasteiger partial charge >= 0.3 is 0 Å². The molecule has 0 aliphatic rings. The molecule has 156 valence electrons. The van der Waals surface area contributed by atoms with Crippen molar-refractivity contribution in [2.24, 2.45) is 0 Å². The summed E-state index contributed by atoms with van der Waals surface area (Å²) in [6.07, 6.45) is 0. The van der Waals surface area contributed by atoms with Gasteiger partial charge in [0.1, 0.15) is 5.75 Å². The molecule has 0 saturated heterocycles. The molecule has 0 heterocycles. The minimum Gasteiger partial charge on any atom is -0.507 e. The summed E-state index contributed by atoms with van der Waals surface area (Å²) < 4.78 is 0. The highest BCUT2D eigenvalue weighted by molar-refractivity contribution is 6.31. The van der Waals surface area contributed by atoms with Crippen molar-refractivity contribution < 1.29 is 5.11 Å². The third-order valence-corrected chi connectivity index (χ3v) is 5.64. The van der Waals surface area contributed by atoms with Gasteiger partial charge in [-0.05, 0) is 74.5 Å². The molecular formula is C24H35Cl2NO. The normalized spacial score (nSPS) is 12.2. The fraction of sp³-hybridized carbons (Fsp3) is 0.500. The smallest absolute Gasteiger partial charge is 0.127 e. The minimum absolute atomic E-state index is 0. The van der Waals surface area contributed by atoms with Crippen molar-refractivity contribution in [1.82, 2.24) is 4.90 Å². The predicted octanol–water partition coefficient (Wildman–Crippen LogP) is 7.36. The van der Waals surface area contributed by atoms with E-state index in [0.717, 1.165) is 40.4 Å². The van der Waals surface area contributed by atoms with Gasteiger partial charge < -0.3 is 5.11 Å². The molecule has 28 heavy (non-hydrogen) atoms. The number of benzene rings is 2. The van der Waals surface area contributed by atoms with Crippen molar-refractivity contribution in [3.05, 3.63) is 52.0 Å². The second kappa shape index (κ2) is 9.07. The molecule has 0 radical (unpaired) electrons. The Balaban J connectivity index is 0.00000392. The summed E-state index contributed by atoms with van der Waals surface area (Å²) >= 11 is 6.21. The molecule has 0 aromatic heterocycles. The highest BCUT2D eigenvalue weighted by atomic mass is 35.5. The van der Waals surface area contributed by atoms with E-state index in [9.17, 15) is 5.11 Å². The van der Waals surface area contributed by atoms with E-state index in [1.54, 1.807) is 0 Å². The van der Waals surface area contributed by atoms with Crippen LogP contribution in [0.15, 0.2) is 30.3 Å². The van der Waals surface area contributed by atoms with Crippen molar-refractivity contribution >= 4 is 24.0 Å². The molecule has 0 fully saturated rings. The second-order valence-corrected chi connectivity index (χ2v) is 9.84. The third kappa shape index (κ3) is 5.65. The SMILES string of the molecule is CCN(Cc1cc(C(C)(C)C)cc(-c2ccc(Cl)c(C)c2)c1O)C(C)(C)C.Cl. The van der Waals surface area contributed by atoms with Crippen LogP contribution in [0.2, 0.25) is 5.02 Å². The average molecular weight is 424 g/mol. The molecular weight excluding hydrogens is 389 g/mol. The van der Waals surface area contributed by atoms with Crippen molar-refractivity contribution in [3.63, 3.8) is 0 Å². The highest BCUT2D eigenvalue weighted by Crippen LogP contribution is 2.39. The summed E-state index contributed by atoms with van der Waals surface area (Å²) in [5.41, 5.74) is 5.13. The van der Waals surface area contributed by atoms with Gasteiger partial charge in [0.15, 0.2) is 0 Å². The molecule has 0 bridgehead atoms. The van der Waals surface area contributed by atoms with Gasteiger partial charge in [-0.1, -0.05) is 51.4 Å². The van der Waals surface area contributed by atoms with Crippen LogP contribution in [0.3, 0.4) is 0 Å². The van der Waals surface area contributed by atoms with Gasteiger partial charge in [-0.25, -0.2) is 0 Å². The molecule has 0 spiro atoms. The first-order chi connectivity index (χ1) is 12.3. The second-order valence-electron chi connectivity index (χ2n) is 9.43. The molecule has 0 unspecified atom stereocenters. The highest BCUT2D eigenvalue weighted by Gasteiger charge is 2.24. The van der Waals surface area contributed by atoms with E-state index in [-0.39, 0.29) is 23.4 Å². The van der Waals surface area contributed by atoms with Gasteiger partial charge in [0, 0.05) is 28.2 Å². The van der Waals surface area contributed by atoms with Crippen molar-refractivity contribution in [2.75, 3.05) is 6.54 Å².